The summed E-state index contributed by atoms with van der Waals surface area (Å²) in [7, 11) is 0. The predicted molar refractivity (Wildman–Crippen MR) is 84.1 cm³/mol. The summed E-state index contributed by atoms with van der Waals surface area (Å²) in [5, 5.41) is 13.7. The number of amides is 1. The van der Waals surface area contributed by atoms with Gasteiger partial charge in [-0.3, -0.25) is 9.59 Å². The number of aryl methyl sites for hydroxylation is 1. The van der Waals surface area contributed by atoms with Crippen LogP contribution in [0.2, 0.25) is 5.02 Å². The maximum atomic E-state index is 12.4. The first-order valence-corrected chi connectivity index (χ1v) is 7.22. The van der Waals surface area contributed by atoms with Crippen molar-refractivity contribution in [3.8, 4) is 0 Å². The number of Topliss-reactive ketones (excluding diaryl/α,β-unsaturated/α-hetero) is 1. The molecule has 2 N–H and O–H groups in total. The summed E-state index contributed by atoms with van der Waals surface area (Å²) in [4.78, 5) is 24.5. The maximum absolute atomic E-state index is 12.4. The van der Waals surface area contributed by atoms with Crippen LogP contribution >= 0.6 is 11.6 Å². The van der Waals surface area contributed by atoms with E-state index in [1.54, 1.807) is 24.3 Å². The minimum atomic E-state index is -1.89. The van der Waals surface area contributed by atoms with E-state index in [-0.39, 0.29) is 12.2 Å². The number of ketones is 1. The van der Waals surface area contributed by atoms with Crippen LogP contribution in [-0.4, -0.2) is 16.8 Å². The van der Waals surface area contributed by atoms with Gasteiger partial charge in [0.25, 0.3) is 5.91 Å². The van der Waals surface area contributed by atoms with Crippen molar-refractivity contribution in [3.05, 3.63) is 64.2 Å². The number of anilines is 1. The Labute approximate surface area is 132 Å². The summed E-state index contributed by atoms with van der Waals surface area (Å²) in [6.45, 7) is 1.92. The molecule has 0 radical (unpaired) electrons. The molecule has 1 aliphatic heterocycles. The Morgan fingerprint density at radius 1 is 1.23 bits per heavy atom. The molecule has 0 fully saturated rings. The Hall–Kier alpha value is -2.17. The predicted octanol–water partition coefficient (Wildman–Crippen LogP) is 3.06. The van der Waals surface area contributed by atoms with Crippen LogP contribution in [0.5, 0.6) is 0 Å². The summed E-state index contributed by atoms with van der Waals surface area (Å²) in [6, 6.07) is 11.8. The highest BCUT2D eigenvalue weighted by Crippen LogP contribution is 2.40. The molecule has 1 aliphatic rings. The molecule has 0 saturated heterocycles. The van der Waals surface area contributed by atoms with Crippen molar-refractivity contribution in [1.82, 2.24) is 0 Å². The van der Waals surface area contributed by atoms with E-state index in [1.807, 2.05) is 19.1 Å². The van der Waals surface area contributed by atoms with Gasteiger partial charge in [-0.05, 0) is 25.1 Å². The van der Waals surface area contributed by atoms with Crippen molar-refractivity contribution in [3.63, 3.8) is 0 Å². The minimum Gasteiger partial charge on any atom is -0.375 e. The van der Waals surface area contributed by atoms with Gasteiger partial charge in [0.15, 0.2) is 11.4 Å². The number of carbonyl (C=O) groups excluding carboxylic acids is 2. The second-order valence-electron chi connectivity index (χ2n) is 5.47. The van der Waals surface area contributed by atoms with Crippen molar-refractivity contribution >= 4 is 29.0 Å². The van der Waals surface area contributed by atoms with Gasteiger partial charge in [0.05, 0.1) is 6.42 Å². The topological polar surface area (TPSA) is 66.4 Å². The Kier molecular flexibility index (Phi) is 3.51. The van der Waals surface area contributed by atoms with E-state index in [9.17, 15) is 14.7 Å². The number of halogens is 1. The number of rotatable bonds is 3. The van der Waals surface area contributed by atoms with Crippen LogP contribution in [0, 0.1) is 6.92 Å². The normalized spacial score (nSPS) is 19.7. The highest BCUT2D eigenvalue weighted by Gasteiger charge is 2.46. The average molecular weight is 316 g/mol. The second-order valence-corrected chi connectivity index (χ2v) is 5.91. The number of hydrogen-bond acceptors (Lipinski definition) is 3. The largest absolute Gasteiger partial charge is 0.375 e. The highest BCUT2D eigenvalue weighted by molar-refractivity contribution is 6.31. The van der Waals surface area contributed by atoms with Gasteiger partial charge in [-0.25, -0.2) is 0 Å². The van der Waals surface area contributed by atoms with Crippen LogP contribution < -0.4 is 5.32 Å². The molecular formula is C17H14ClNO3. The van der Waals surface area contributed by atoms with E-state index in [4.69, 9.17) is 11.6 Å². The third-order valence-corrected chi connectivity index (χ3v) is 4.08. The van der Waals surface area contributed by atoms with Gasteiger partial charge in [0, 0.05) is 21.8 Å². The number of fused-ring (bicyclic) bond motifs is 1. The summed E-state index contributed by atoms with van der Waals surface area (Å²) in [5.41, 5.74) is 0.426. The number of benzene rings is 2. The monoisotopic (exact) mass is 315 g/mol. The van der Waals surface area contributed by atoms with E-state index in [0.717, 1.165) is 5.56 Å². The Balaban J connectivity index is 1.94. The number of hydrogen-bond donors (Lipinski definition) is 2. The van der Waals surface area contributed by atoms with Gasteiger partial charge >= 0.3 is 0 Å². The quantitative estimate of drug-likeness (QED) is 0.855. The third-order valence-electron chi connectivity index (χ3n) is 3.84. The zero-order valence-corrected chi connectivity index (χ0v) is 12.6. The van der Waals surface area contributed by atoms with Crippen LogP contribution in [0.25, 0.3) is 0 Å². The fraction of sp³-hybridized carbons (Fsp3) is 0.176. The molecule has 2 aromatic rings. The molecule has 22 heavy (non-hydrogen) atoms. The average Bonchev–Trinajstić information content (AvgIpc) is 2.71. The van der Waals surface area contributed by atoms with E-state index in [0.29, 0.717) is 21.8 Å². The fourth-order valence-electron chi connectivity index (χ4n) is 2.57. The van der Waals surface area contributed by atoms with Crippen LogP contribution in [0.15, 0.2) is 42.5 Å². The fourth-order valence-corrected chi connectivity index (χ4v) is 2.74. The van der Waals surface area contributed by atoms with Gasteiger partial charge < -0.3 is 10.4 Å². The molecular weight excluding hydrogens is 302 g/mol. The molecule has 3 rings (SSSR count). The van der Waals surface area contributed by atoms with E-state index in [2.05, 4.69) is 5.32 Å². The van der Waals surface area contributed by atoms with Crippen LogP contribution in [-0.2, 0) is 10.4 Å². The minimum absolute atomic E-state index is 0.300. The number of aliphatic hydroxyl groups is 1. The van der Waals surface area contributed by atoms with Crippen molar-refractivity contribution in [2.75, 3.05) is 5.32 Å². The van der Waals surface area contributed by atoms with Crippen LogP contribution in [0.3, 0.4) is 0 Å². The van der Waals surface area contributed by atoms with Gasteiger partial charge in [-0.2, -0.15) is 0 Å². The molecule has 0 bridgehead atoms. The highest BCUT2D eigenvalue weighted by atomic mass is 35.5. The maximum Gasteiger partial charge on any atom is 0.261 e. The molecule has 2 aromatic carbocycles. The van der Waals surface area contributed by atoms with Gasteiger partial charge in [-0.15, -0.1) is 0 Å². The first-order valence-electron chi connectivity index (χ1n) is 6.84. The molecule has 0 spiro atoms. The zero-order chi connectivity index (χ0) is 15.9. The Morgan fingerprint density at radius 2 is 1.91 bits per heavy atom. The van der Waals surface area contributed by atoms with Crippen molar-refractivity contribution in [1.29, 1.82) is 0 Å². The first kappa shape index (κ1) is 14.8. The molecule has 1 atom stereocenters. The standard InChI is InChI=1S/C17H14ClNO3/c1-10-2-4-11(5-3-10)15(20)9-17(22)13-8-12(18)6-7-14(13)19-16(17)21/h2-8,22H,9H2,1H3,(H,19,21)/t17-/m0/s1. The molecule has 5 heteroatoms. The number of carbonyl (C=O) groups is 2. The zero-order valence-electron chi connectivity index (χ0n) is 11.9. The lowest BCUT2D eigenvalue weighted by Crippen LogP contribution is -2.36. The van der Waals surface area contributed by atoms with Crippen LogP contribution in [0.1, 0.15) is 27.9 Å². The molecule has 4 nitrogen and oxygen atoms in total. The summed E-state index contributed by atoms with van der Waals surface area (Å²) in [6.07, 6.45) is -0.324. The van der Waals surface area contributed by atoms with E-state index < -0.39 is 11.5 Å². The summed E-state index contributed by atoms with van der Waals surface area (Å²) < 4.78 is 0. The summed E-state index contributed by atoms with van der Waals surface area (Å²) >= 11 is 5.93. The van der Waals surface area contributed by atoms with Gasteiger partial charge in [-0.1, -0.05) is 41.4 Å². The molecule has 0 unspecified atom stereocenters. The smallest absolute Gasteiger partial charge is 0.261 e. The van der Waals surface area contributed by atoms with Crippen LogP contribution in [0.4, 0.5) is 5.69 Å². The lowest BCUT2D eigenvalue weighted by atomic mass is 9.88. The third kappa shape index (κ3) is 2.40. The Bertz CT molecular complexity index is 770. The number of nitrogens with one attached hydrogen (secondary N) is 1. The SMILES string of the molecule is Cc1ccc(C(=O)C[C@@]2(O)C(=O)Nc3ccc(Cl)cc32)cc1. The van der Waals surface area contributed by atoms with Crippen molar-refractivity contribution in [2.45, 2.75) is 18.9 Å². The van der Waals surface area contributed by atoms with Gasteiger partial charge in [0.1, 0.15) is 0 Å². The molecule has 1 heterocycles. The van der Waals surface area contributed by atoms with E-state index in [1.165, 1.54) is 6.07 Å². The molecule has 112 valence electrons. The molecule has 1 amide bonds. The first-order chi connectivity index (χ1) is 10.4. The van der Waals surface area contributed by atoms with E-state index >= 15 is 0 Å². The lowest BCUT2D eigenvalue weighted by molar-refractivity contribution is -0.133. The van der Waals surface area contributed by atoms with Crippen molar-refractivity contribution in [2.24, 2.45) is 0 Å². The van der Waals surface area contributed by atoms with Crippen molar-refractivity contribution < 1.29 is 14.7 Å². The van der Waals surface area contributed by atoms with Gasteiger partial charge in [0.2, 0.25) is 0 Å². The summed E-state index contributed by atoms with van der Waals surface area (Å²) in [5.74, 6) is -0.907. The lowest BCUT2D eigenvalue weighted by Gasteiger charge is -2.20. The molecule has 0 aliphatic carbocycles. The molecule has 0 saturated carbocycles. The second kappa shape index (κ2) is 5.23. The Morgan fingerprint density at radius 3 is 2.59 bits per heavy atom. The molecule has 0 aromatic heterocycles.